The van der Waals surface area contributed by atoms with Crippen molar-refractivity contribution in [3.8, 4) is 17.3 Å². The van der Waals surface area contributed by atoms with E-state index < -0.39 is 5.56 Å². The number of nitrogens with one attached hydrogen (secondary N) is 1. The molecule has 0 saturated heterocycles. The number of halogens is 1. The minimum atomic E-state index is -0.436. The van der Waals surface area contributed by atoms with E-state index in [1.807, 2.05) is 13.0 Å². The molecule has 20 heavy (non-hydrogen) atoms. The van der Waals surface area contributed by atoms with Gasteiger partial charge < -0.3 is 4.98 Å². The summed E-state index contributed by atoms with van der Waals surface area (Å²) in [5.41, 5.74) is 2.94. The summed E-state index contributed by atoms with van der Waals surface area (Å²) in [5.74, 6) is 0.136. The molecule has 1 saturated carbocycles. The second-order valence-electron chi connectivity index (χ2n) is 5.18. The maximum absolute atomic E-state index is 13.7. The Morgan fingerprint density at radius 1 is 1.35 bits per heavy atom. The average molecular weight is 268 g/mol. The number of nitriles is 1. The average Bonchev–Trinajstić information content (AvgIpc) is 3.22. The summed E-state index contributed by atoms with van der Waals surface area (Å²) in [6.45, 7) is 1.89. The van der Waals surface area contributed by atoms with E-state index in [1.165, 1.54) is 18.2 Å². The zero-order valence-electron chi connectivity index (χ0n) is 11.0. The van der Waals surface area contributed by atoms with Gasteiger partial charge in [-0.25, -0.2) is 4.39 Å². The number of hydrogen-bond donors (Lipinski definition) is 1. The van der Waals surface area contributed by atoms with Crippen LogP contribution in [0.5, 0.6) is 0 Å². The lowest BCUT2D eigenvalue weighted by molar-refractivity contribution is 0.626. The van der Waals surface area contributed by atoms with E-state index in [-0.39, 0.29) is 11.4 Å². The third kappa shape index (κ3) is 2.12. The van der Waals surface area contributed by atoms with Crippen LogP contribution in [-0.4, -0.2) is 4.98 Å². The largest absolute Gasteiger partial charge is 0.321 e. The standard InChI is InChI=1S/C16H13FN2O/c1-9-6-12(17)7-13(15(9)10-2-3-10)14-5-4-11(8-18)16(20)19-14/h4-7,10H,2-3H2,1H3,(H,19,20). The van der Waals surface area contributed by atoms with Crippen LogP contribution in [0.15, 0.2) is 29.1 Å². The van der Waals surface area contributed by atoms with Gasteiger partial charge in [0, 0.05) is 11.3 Å². The highest BCUT2D eigenvalue weighted by atomic mass is 19.1. The van der Waals surface area contributed by atoms with E-state index >= 15 is 0 Å². The Bertz CT molecular complexity index is 782. The van der Waals surface area contributed by atoms with Crippen LogP contribution in [0.2, 0.25) is 0 Å². The van der Waals surface area contributed by atoms with Gasteiger partial charge in [0.25, 0.3) is 5.56 Å². The first-order valence-electron chi connectivity index (χ1n) is 6.54. The van der Waals surface area contributed by atoms with Gasteiger partial charge in [-0.2, -0.15) is 5.26 Å². The Balaban J connectivity index is 2.21. The van der Waals surface area contributed by atoms with Crippen LogP contribution < -0.4 is 5.56 Å². The molecular formula is C16H13FN2O. The minimum Gasteiger partial charge on any atom is -0.321 e. The molecule has 2 aromatic rings. The number of aromatic amines is 1. The highest BCUT2D eigenvalue weighted by Crippen LogP contribution is 2.45. The molecule has 1 aliphatic carbocycles. The van der Waals surface area contributed by atoms with Gasteiger partial charge >= 0.3 is 0 Å². The molecule has 0 amide bonds. The summed E-state index contributed by atoms with van der Waals surface area (Å²) in [7, 11) is 0. The highest BCUT2D eigenvalue weighted by Gasteiger charge is 2.28. The zero-order valence-corrected chi connectivity index (χ0v) is 11.0. The Labute approximate surface area is 115 Å². The predicted octanol–water partition coefficient (Wildman–Crippen LogP) is 3.24. The molecule has 100 valence electrons. The van der Waals surface area contributed by atoms with Crippen LogP contribution in [0, 0.1) is 24.1 Å². The van der Waals surface area contributed by atoms with Crippen molar-refractivity contribution in [3.05, 3.63) is 57.1 Å². The van der Waals surface area contributed by atoms with Gasteiger partial charge in [0.05, 0.1) is 0 Å². The molecule has 0 bridgehead atoms. The molecule has 3 nitrogen and oxygen atoms in total. The SMILES string of the molecule is Cc1cc(F)cc(-c2ccc(C#N)c(=O)[nH]2)c1C1CC1. The topological polar surface area (TPSA) is 56.6 Å². The van der Waals surface area contributed by atoms with Gasteiger partial charge in [-0.05, 0) is 61.1 Å². The molecular weight excluding hydrogens is 255 g/mol. The van der Waals surface area contributed by atoms with Crippen LogP contribution in [-0.2, 0) is 0 Å². The third-order valence-corrected chi connectivity index (χ3v) is 3.66. The number of benzene rings is 1. The highest BCUT2D eigenvalue weighted by molar-refractivity contribution is 5.67. The molecule has 0 unspecified atom stereocenters. The summed E-state index contributed by atoms with van der Waals surface area (Å²) in [4.78, 5) is 14.4. The van der Waals surface area contributed by atoms with E-state index in [0.29, 0.717) is 11.6 Å². The molecule has 1 aromatic heterocycles. The summed E-state index contributed by atoms with van der Waals surface area (Å²) in [6, 6.07) is 7.96. The van der Waals surface area contributed by atoms with Crippen molar-refractivity contribution in [1.82, 2.24) is 4.98 Å². The molecule has 1 heterocycles. The normalized spacial score (nSPS) is 14.1. The van der Waals surface area contributed by atoms with Crippen molar-refractivity contribution < 1.29 is 4.39 Å². The van der Waals surface area contributed by atoms with Crippen molar-refractivity contribution in [3.63, 3.8) is 0 Å². The minimum absolute atomic E-state index is 0.0647. The number of pyridine rings is 1. The summed E-state index contributed by atoms with van der Waals surface area (Å²) in [6.07, 6.45) is 2.19. The Morgan fingerprint density at radius 2 is 2.10 bits per heavy atom. The van der Waals surface area contributed by atoms with Crippen LogP contribution in [0.4, 0.5) is 4.39 Å². The first-order chi connectivity index (χ1) is 9.60. The maximum atomic E-state index is 13.7. The van der Waals surface area contributed by atoms with E-state index in [4.69, 9.17) is 5.26 Å². The van der Waals surface area contributed by atoms with Crippen LogP contribution in [0.3, 0.4) is 0 Å². The Kier molecular flexibility index (Phi) is 2.90. The molecule has 0 radical (unpaired) electrons. The van der Waals surface area contributed by atoms with Crippen molar-refractivity contribution in [1.29, 1.82) is 5.26 Å². The lowest BCUT2D eigenvalue weighted by Crippen LogP contribution is -2.11. The lowest BCUT2D eigenvalue weighted by Gasteiger charge is -2.12. The number of rotatable bonds is 2. The number of aromatic nitrogens is 1. The zero-order chi connectivity index (χ0) is 14.3. The molecule has 1 aliphatic rings. The van der Waals surface area contributed by atoms with Gasteiger partial charge in [-0.1, -0.05) is 0 Å². The second-order valence-corrected chi connectivity index (χ2v) is 5.18. The summed E-state index contributed by atoms with van der Waals surface area (Å²) in [5, 5.41) is 8.79. The number of hydrogen-bond acceptors (Lipinski definition) is 2. The van der Waals surface area contributed by atoms with E-state index in [1.54, 1.807) is 6.07 Å². The fourth-order valence-electron chi connectivity index (χ4n) is 2.61. The van der Waals surface area contributed by atoms with Gasteiger partial charge in [0.1, 0.15) is 17.4 Å². The van der Waals surface area contributed by atoms with Crippen molar-refractivity contribution >= 4 is 0 Å². The number of aryl methyl sites for hydroxylation is 1. The molecule has 4 heteroatoms. The van der Waals surface area contributed by atoms with E-state index in [2.05, 4.69) is 4.98 Å². The number of nitrogens with zero attached hydrogens (tertiary/aromatic N) is 1. The van der Waals surface area contributed by atoms with Crippen LogP contribution in [0.1, 0.15) is 35.4 Å². The molecule has 1 aromatic carbocycles. The molecule has 3 rings (SSSR count). The van der Waals surface area contributed by atoms with Crippen LogP contribution >= 0.6 is 0 Å². The second kappa shape index (κ2) is 4.61. The fourth-order valence-corrected chi connectivity index (χ4v) is 2.61. The molecule has 0 spiro atoms. The van der Waals surface area contributed by atoms with Crippen molar-refractivity contribution in [2.24, 2.45) is 0 Å². The smallest absolute Gasteiger partial charge is 0.266 e. The Hall–Kier alpha value is -2.41. The molecule has 1 fully saturated rings. The molecule has 1 N–H and O–H groups in total. The maximum Gasteiger partial charge on any atom is 0.266 e. The first-order valence-corrected chi connectivity index (χ1v) is 6.54. The van der Waals surface area contributed by atoms with Crippen LogP contribution in [0.25, 0.3) is 11.3 Å². The quantitative estimate of drug-likeness (QED) is 0.909. The lowest BCUT2D eigenvalue weighted by atomic mass is 9.95. The predicted molar refractivity (Wildman–Crippen MR) is 73.9 cm³/mol. The molecule has 0 aliphatic heterocycles. The van der Waals surface area contributed by atoms with Crippen molar-refractivity contribution in [2.75, 3.05) is 0 Å². The van der Waals surface area contributed by atoms with Gasteiger partial charge in [-0.3, -0.25) is 4.79 Å². The third-order valence-electron chi connectivity index (χ3n) is 3.66. The number of H-pyrrole nitrogens is 1. The monoisotopic (exact) mass is 268 g/mol. The summed E-state index contributed by atoms with van der Waals surface area (Å²) >= 11 is 0. The van der Waals surface area contributed by atoms with Gasteiger partial charge in [-0.15, -0.1) is 0 Å². The van der Waals surface area contributed by atoms with E-state index in [0.717, 1.165) is 29.5 Å². The van der Waals surface area contributed by atoms with Gasteiger partial charge in [0.2, 0.25) is 0 Å². The van der Waals surface area contributed by atoms with Crippen molar-refractivity contribution in [2.45, 2.75) is 25.7 Å². The Morgan fingerprint density at radius 3 is 2.70 bits per heavy atom. The fraction of sp³-hybridized carbons (Fsp3) is 0.250. The van der Waals surface area contributed by atoms with E-state index in [9.17, 15) is 9.18 Å². The first kappa shape index (κ1) is 12.6. The summed E-state index contributed by atoms with van der Waals surface area (Å²) < 4.78 is 13.7. The van der Waals surface area contributed by atoms with Gasteiger partial charge in [0.15, 0.2) is 0 Å². The molecule has 0 atom stereocenters.